The predicted molar refractivity (Wildman–Crippen MR) is 117 cm³/mol. The van der Waals surface area contributed by atoms with Crippen molar-refractivity contribution in [2.45, 2.75) is 63.3 Å². The topological polar surface area (TPSA) is 40.1 Å². The summed E-state index contributed by atoms with van der Waals surface area (Å²) in [4.78, 5) is 9.88. The number of likely N-dealkylation sites (tertiary alicyclic amines) is 1. The Hall–Kier alpha value is -0.0800. The van der Waals surface area contributed by atoms with Crippen molar-refractivity contribution in [1.82, 2.24) is 15.1 Å². The van der Waals surface area contributed by atoms with Gasteiger partial charge in [0.15, 0.2) is 5.96 Å². The van der Waals surface area contributed by atoms with Crippen molar-refractivity contribution in [3.8, 4) is 0 Å². The van der Waals surface area contributed by atoms with Gasteiger partial charge in [-0.15, -0.1) is 24.0 Å². The highest BCUT2D eigenvalue weighted by atomic mass is 127. The van der Waals surface area contributed by atoms with Crippen molar-refractivity contribution >= 4 is 29.9 Å². The number of nitrogens with zero attached hydrogens (tertiary/aromatic N) is 3. The van der Waals surface area contributed by atoms with Crippen LogP contribution in [0.3, 0.4) is 0 Å². The van der Waals surface area contributed by atoms with Crippen LogP contribution < -0.4 is 5.32 Å². The molecule has 26 heavy (non-hydrogen) atoms. The molecule has 2 saturated carbocycles. The van der Waals surface area contributed by atoms with Crippen LogP contribution in [-0.4, -0.2) is 74.3 Å². The van der Waals surface area contributed by atoms with E-state index in [9.17, 15) is 0 Å². The fourth-order valence-electron chi connectivity index (χ4n) is 5.63. The molecule has 0 aromatic heterocycles. The molecule has 0 atom stereocenters. The van der Waals surface area contributed by atoms with Crippen molar-refractivity contribution in [3.05, 3.63) is 0 Å². The van der Waals surface area contributed by atoms with Gasteiger partial charge >= 0.3 is 0 Å². The van der Waals surface area contributed by atoms with E-state index in [1.54, 1.807) is 0 Å². The van der Waals surface area contributed by atoms with Crippen LogP contribution in [0.1, 0.15) is 57.8 Å². The molecule has 1 spiro atoms. The average Bonchev–Trinajstić information content (AvgIpc) is 3.10. The number of rotatable bonds is 3. The van der Waals surface area contributed by atoms with Gasteiger partial charge in [0.05, 0.1) is 13.2 Å². The Morgan fingerprint density at radius 1 is 0.962 bits per heavy atom. The Labute approximate surface area is 176 Å². The summed E-state index contributed by atoms with van der Waals surface area (Å²) in [5.41, 5.74) is 0.941. The number of aliphatic imine (C=N–C) groups is 1. The number of nitrogens with one attached hydrogen (secondary N) is 1. The van der Waals surface area contributed by atoms with E-state index in [1.807, 2.05) is 7.05 Å². The largest absolute Gasteiger partial charge is 0.379 e. The molecule has 2 saturated heterocycles. The molecule has 0 bridgehead atoms. The maximum absolute atomic E-state index is 5.61. The van der Waals surface area contributed by atoms with Crippen molar-refractivity contribution in [3.63, 3.8) is 0 Å². The van der Waals surface area contributed by atoms with Crippen LogP contribution in [0.4, 0.5) is 0 Å². The predicted octanol–water partition coefficient (Wildman–Crippen LogP) is 3.09. The maximum atomic E-state index is 5.61. The SMILES string of the molecule is CN=C(NCC1(N2CCOCC2)CCCCC1)N1CCC2(CCC2)C1.I. The van der Waals surface area contributed by atoms with Crippen LogP contribution in [-0.2, 0) is 4.74 Å². The first-order valence-electron chi connectivity index (χ1n) is 10.5. The van der Waals surface area contributed by atoms with Gasteiger partial charge in [-0.05, 0) is 37.5 Å². The second-order valence-corrected chi connectivity index (χ2v) is 8.81. The standard InChI is InChI=1S/C20H36N4O.HI/c1-21-18(23-11-10-19(17-23)6-5-7-19)22-16-20(8-3-2-4-9-20)24-12-14-25-15-13-24;/h2-17H2,1H3,(H,21,22);1H. The molecule has 2 heterocycles. The minimum absolute atomic E-state index is 0. The van der Waals surface area contributed by atoms with Crippen LogP contribution >= 0.6 is 24.0 Å². The van der Waals surface area contributed by atoms with E-state index in [4.69, 9.17) is 4.74 Å². The van der Waals surface area contributed by atoms with Gasteiger partial charge in [0, 0.05) is 45.3 Å². The molecule has 0 aromatic carbocycles. The summed E-state index contributed by atoms with van der Waals surface area (Å²) in [6, 6.07) is 0. The molecule has 4 rings (SSSR count). The molecule has 0 unspecified atom stereocenters. The van der Waals surface area contributed by atoms with E-state index in [2.05, 4.69) is 20.1 Å². The second-order valence-electron chi connectivity index (χ2n) is 8.81. The lowest BCUT2D eigenvalue weighted by Crippen LogP contribution is -2.60. The Bertz CT molecular complexity index is 482. The number of guanidine groups is 1. The van der Waals surface area contributed by atoms with Gasteiger partial charge in [0.25, 0.3) is 0 Å². The molecule has 0 radical (unpaired) electrons. The Morgan fingerprint density at radius 2 is 1.69 bits per heavy atom. The zero-order valence-corrected chi connectivity index (χ0v) is 18.8. The first-order chi connectivity index (χ1) is 12.3. The molecule has 4 fully saturated rings. The number of morpholine rings is 1. The van der Waals surface area contributed by atoms with Crippen LogP contribution in [0.25, 0.3) is 0 Å². The van der Waals surface area contributed by atoms with E-state index in [0.717, 1.165) is 38.8 Å². The number of ether oxygens (including phenoxy) is 1. The highest BCUT2D eigenvalue weighted by Crippen LogP contribution is 2.47. The summed E-state index contributed by atoms with van der Waals surface area (Å²) >= 11 is 0. The first-order valence-corrected chi connectivity index (χ1v) is 10.5. The van der Waals surface area contributed by atoms with E-state index < -0.39 is 0 Å². The third-order valence-electron chi connectivity index (χ3n) is 7.41. The molecule has 5 nitrogen and oxygen atoms in total. The van der Waals surface area contributed by atoms with E-state index in [-0.39, 0.29) is 24.0 Å². The summed E-state index contributed by atoms with van der Waals surface area (Å²) in [7, 11) is 1.95. The molecule has 1 N–H and O–H groups in total. The highest BCUT2D eigenvalue weighted by Gasteiger charge is 2.44. The quantitative estimate of drug-likeness (QED) is 0.386. The zero-order valence-electron chi connectivity index (χ0n) is 16.5. The van der Waals surface area contributed by atoms with Gasteiger partial charge in [0.1, 0.15) is 0 Å². The fraction of sp³-hybridized carbons (Fsp3) is 0.950. The van der Waals surface area contributed by atoms with Gasteiger partial charge in [-0.1, -0.05) is 25.7 Å². The summed E-state index contributed by atoms with van der Waals surface area (Å²) in [5, 5.41) is 3.80. The molecular weight excluding hydrogens is 439 g/mol. The van der Waals surface area contributed by atoms with Gasteiger partial charge in [-0.25, -0.2) is 0 Å². The lowest BCUT2D eigenvalue weighted by molar-refractivity contribution is -0.0354. The maximum Gasteiger partial charge on any atom is 0.193 e. The van der Waals surface area contributed by atoms with Gasteiger partial charge < -0.3 is 15.0 Å². The molecule has 150 valence electrons. The Balaban J connectivity index is 0.00000196. The van der Waals surface area contributed by atoms with Crippen molar-refractivity contribution in [2.24, 2.45) is 10.4 Å². The van der Waals surface area contributed by atoms with E-state index in [0.29, 0.717) is 11.0 Å². The number of halogens is 1. The fourth-order valence-corrected chi connectivity index (χ4v) is 5.63. The van der Waals surface area contributed by atoms with Gasteiger partial charge in [0.2, 0.25) is 0 Å². The minimum atomic E-state index is 0. The Morgan fingerprint density at radius 3 is 2.27 bits per heavy atom. The van der Waals surface area contributed by atoms with Crippen LogP contribution in [0.5, 0.6) is 0 Å². The molecule has 2 aliphatic carbocycles. The monoisotopic (exact) mass is 476 g/mol. The lowest BCUT2D eigenvalue weighted by atomic mass is 9.68. The van der Waals surface area contributed by atoms with Gasteiger partial charge in [-0.3, -0.25) is 9.89 Å². The minimum Gasteiger partial charge on any atom is -0.379 e. The summed E-state index contributed by atoms with van der Waals surface area (Å²) in [6.45, 7) is 7.42. The van der Waals surface area contributed by atoms with Crippen molar-refractivity contribution in [2.75, 3.05) is 53.0 Å². The smallest absolute Gasteiger partial charge is 0.193 e. The Kier molecular flexibility index (Phi) is 7.11. The van der Waals surface area contributed by atoms with Crippen LogP contribution in [0.15, 0.2) is 4.99 Å². The molecular formula is C20H37IN4O. The first kappa shape index (κ1) is 20.6. The third kappa shape index (κ3) is 4.17. The van der Waals surface area contributed by atoms with Crippen molar-refractivity contribution in [1.29, 1.82) is 0 Å². The normalized spacial score (nSPS) is 28.5. The summed E-state index contributed by atoms with van der Waals surface area (Å²) in [6.07, 6.45) is 12.4. The molecule has 4 aliphatic rings. The molecule has 6 heteroatoms. The molecule has 0 aromatic rings. The molecule has 0 amide bonds. The van der Waals surface area contributed by atoms with E-state index in [1.165, 1.54) is 70.9 Å². The number of hydrogen-bond donors (Lipinski definition) is 1. The van der Waals surface area contributed by atoms with Gasteiger partial charge in [-0.2, -0.15) is 0 Å². The zero-order chi connectivity index (χ0) is 17.2. The van der Waals surface area contributed by atoms with Crippen molar-refractivity contribution < 1.29 is 4.74 Å². The molecule has 2 aliphatic heterocycles. The average molecular weight is 476 g/mol. The van der Waals surface area contributed by atoms with Crippen LogP contribution in [0, 0.1) is 5.41 Å². The summed E-state index contributed by atoms with van der Waals surface area (Å²) in [5.74, 6) is 1.14. The second kappa shape index (κ2) is 8.95. The highest BCUT2D eigenvalue weighted by molar-refractivity contribution is 14.0. The number of hydrogen-bond acceptors (Lipinski definition) is 3. The third-order valence-corrected chi connectivity index (χ3v) is 7.41. The van der Waals surface area contributed by atoms with Crippen LogP contribution in [0.2, 0.25) is 0 Å². The summed E-state index contributed by atoms with van der Waals surface area (Å²) < 4.78 is 5.61. The van der Waals surface area contributed by atoms with E-state index >= 15 is 0 Å². The lowest BCUT2D eigenvalue weighted by Gasteiger charge is -2.48.